The molecule has 4 rings (SSSR count). The molecule has 0 saturated heterocycles. The molecule has 11 heteroatoms. The number of hydrazine groups is 1. The second kappa shape index (κ2) is 15.4. The van der Waals surface area contributed by atoms with Crippen molar-refractivity contribution < 1.29 is 23.7 Å². The predicted octanol–water partition coefficient (Wildman–Crippen LogP) is 4.11. The predicted molar refractivity (Wildman–Crippen MR) is 164 cm³/mol. The number of anilines is 2. The van der Waals surface area contributed by atoms with Crippen LogP contribution in [0.5, 0.6) is 17.2 Å². The third-order valence-electron chi connectivity index (χ3n) is 6.35. The summed E-state index contributed by atoms with van der Waals surface area (Å²) in [5, 5.41) is 5.74. The SMILES string of the molecule is COCCOc1cc2ncnc(Nc3cccc(/C(N)=C/N(N)CCc4cccc(OC)c4)c3)c2cc1OCCOC. The van der Waals surface area contributed by atoms with Gasteiger partial charge >= 0.3 is 0 Å². The van der Waals surface area contributed by atoms with Gasteiger partial charge in [-0.25, -0.2) is 15.8 Å². The van der Waals surface area contributed by atoms with Gasteiger partial charge < -0.3 is 39.7 Å². The maximum absolute atomic E-state index is 6.42. The summed E-state index contributed by atoms with van der Waals surface area (Å²) in [6.07, 6.45) is 3.98. The number of ether oxygens (including phenoxy) is 5. The smallest absolute Gasteiger partial charge is 0.163 e. The molecular weight excluding hydrogens is 536 g/mol. The standard InChI is InChI=1S/C31H38N6O5/c1-38-12-14-41-29-18-26-28(19-30(29)42-15-13-39-2)34-21-35-31(26)36-24-8-5-7-23(17-24)27(32)20-37(33)11-10-22-6-4-9-25(16-22)40-3/h4-9,16-21H,10-15,32-33H2,1-3H3,(H,34,35,36)/b27-20-. The number of fused-ring (bicyclic) bond motifs is 1. The normalized spacial score (nSPS) is 11.4. The summed E-state index contributed by atoms with van der Waals surface area (Å²) in [5.41, 5.74) is 10.4. The van der Waals surface area contributed by atoms with E-state index < -0.39 is 0 Å². The highest BCUT2D eigenvalue weighted by Crippen LogP contribution is 2.35. The highest BCUT2D eigenvalue weighted by molar-refractivity contribution is 5.93. The Hall–Kier alpha value is -4.58. The number of nitrogens with one attached hydrogen (secondary N) is 1. The number of hydrogen-bond acceptors (Lipinski definition) is 11. The van der Waals surface area contributed by atoms with E-state index in [1.165, 1.54) is 6.33 Å². The van der Waals surface area contributed by atoms with Gasteiger partial charge in [0.25, 0.3) is 0 Å². The molecule has 4 aromatic rings. The van der Waals surface area contributed by atoms with Crippen molar-refractivity contribution in [3.8, 4) is 17.2 Å². The zero-order valence-electron chi connectivity index (χ0n) is 24.2. The fraction of sp³-hybridized carbons (Fsp3) is 0.290. The topological polar surface area (TPSA) is 139 Å². The zero-order valence-corrected chi connectivity index (χ0v) is 24.2. The summed E-state index contributed by atoms with van der Waals surface area (Å²) in [6, 6.07) is 19.3. The van der Waals surface area contributed by atoms with Gasteiger partial charge in [-0.1, -0.05) is 24.3 Å². The number of aromatic nitrogens is 2. The van der Waals surface area contributed by atoms with E-state index in [9.17, 15) is 0 Å². The summed E-state index contributed by atoms with van der Waals surface area (Å²) < 4.78 is 27.4. The van der Waals surface area contributed by atoms with Crippen LogP contribution in [0.15, 0.2) is 73.2 Å². The lowest BCUT2D eigenvalue weighted by molar-refractivity contribution is 0.132. The second-order valence-corrected chi connectivity index (χ2v) is 9.35. The third kappa shape index (κ3) is 8.46. The van der Waals surface area contributed by atoms with Crippen LogP contribution in [0.1, 0.15) is 11.1 Å². The molecule has 42 heavy (non-hydrogen) atoms. The molecule has 0 aliphatic heterocycles. The lowest BCUT2D eigenvalue weighted by Crippen LogP contribution is -2.28. The first kappa shape index (κ1) is 30.4. The molecular formula is C31H38N6O5. The van der Waals surface area contributed by atoms with E-state index in [1.54, 1.807) is 32.5 Å². The van der Waals surface area contributed by atoms with Gasteiger partial charge in [0.05, 0.1) is 31.5 Å². The van der Waals surface area contributed by atoms with Gasteiger partial charge in [-0.3, -0.25) is 0 Å². The minimum absolute atomic E-state index is 0.366. The summed E-state index contributed by atoms with van der Waals surface area (Å²) >= 11 is 0. The van der Waals surface area contributed by atoms with E-state index >= 15 is 0 Å². The number of methoxy groups -OCH3 is 3. The van der Waals surface area contributed by atoms with Gasteiger partial charge in [0.2, 0.25) is 0 Å². The molecule has 5 N–H and O–H groups in total. The van der Waals surface area contributed by atoms with Crippen molar-refractivity contribution in [2.75, 3.05) is 59.6 Å². The van der Waals surface area contributed by atoms with Crippen LogP contribution in [0.25, 0.3) is 16.6 Å². The van der Waals surface area contributed by atoms with Gasteiger partial charge in [0, 0.05) is 49.7 Å². The molecule has 0 spiro atoms. The lowest BCUT2D eigenvalue weighted by Gasteiger charge is -2.16. The van der Waals surface area contributed by atoms with Crippen LogP contribution in [0.3, 0.4) is 0 Å². The maximum Gasteiger partial charge on any atom is 0.163 e. The molecule has 0 atom stereocenters. The number of nitrogens with zero attached hydrogens (tertiary/aromatic N) is 3. The first-order valence-corrected chi connectivity index (χ1v) is 13.5. The fourth-order valence-electron chi connectivity index (χ4n) is 4.18. The molecule has 0 saturated carbocycles. The molecule has 222 valence electrons. The van der Waals surface area contributed by atoms with E-state index in [0.29, 0.717) is 61.5 Å². The molecule has 0 amide bonds. The van der Waals surface area contributed by atoms with Crippen molar-refractivity contribution in [1.29, 1.82) is 0 Å². The van der Waals surface area contributed by atoms with E-state index in [4.69, 9.17) is 35.3 Å². The monoisotopic (exact) mass is 574 g/mol. The maximum atomic E-state index is 6.42. The minimum atomic E-state index is 0.366. The third-order valence-corrected chi connectivity index (χ3v) is 6.35. The van der Waals surface area contributed by atoms with Gasteiger partial charge in [-0.15, -0.1) is 0 Å². The zero-order chi connectivity index (χ0) is 29.7. The van der Waals surface area contributed by atoms with Crippen molar-refractivity contribution in [1.82, 2.24) is 15.0 Å². The van der Waals surface area contributed by atoms with Crippen LogP contribution in [-0.2, 0) is 15.9 Å². The lowest BCUT2D eigenvalue weighted by atomic mass is 10.1. The van der Waals surface area contributed by atoms with Crippen molar-refractivity contribution in [3.05, 3.63) is 84.3 Å². The molecule has 0 radical (unpaired) electrons. The molecule has 0 unspecified atom stereocenters. The molecule has 0 bridgehead atoms. The van der Waals surface area contributed by atoms with Gasteiger partial charge in [-0.2, -0.15) is 0 Å². The van der Waals surface area contributed by atoms with E-state index in [-0.39, 0.29) is 0 Å². The van der Waals surface area contributed by atoms with Crippen LogP contribution in [0.2, 0.25) is 0 Å². The van der Waals surface area contributed by atoms with Crippen molar-refractivity contribution in [2.45, 2.75) is 6.42 Å². The first-order chi connectivity index (χ1) is 20.5. The Morgan fingerprint density at radius 2 is 1.62 bits per heavy atom. The Kier molecular flexibility index (Phi) is 11.2. The molecule has 0 fully saturated rings. The van der Waals surface area contributed by atoms with Crippen molar-refractivity contribution in [3.63, 3.8) is 0 Å². The summed E-state index contributed by atoms with van der Waals surface area (Å²) in [6.45, 7) is 2.22. The van der Waals surface area contributed by atoms with Gasteiger partial charge in [-0.05, 0) is 42.3 Å². The summed E-state index contributed by atoms with van der Waals surface area (Å²) in [4.78, 5) is 8.93. The average molecular weight is 575 g/mol. The molecule has 0 aliphatic rings. The van der Waals surface area contributed by atoms with Crippen molar-refractivity contribution >= 4 is 28.1 Å². The van der Waals surface area contributed by atoms with Gasteiger partial charge in [0.15, 0.2) is 11.5 Å². The highest BCUT2D eigenvalue weighted by atomic mass is 16.5. The van der Waals surface area contributed by atoms with E-state index in [0.717, 1.165) is 34.4 Å². The van der Waals surface area contributed by atoms with Crippen LogP contribution < -0.4 is 31.1 Å². The average Bonchev–Trinajstić information content (AvgIpc) is 3.01. The molecule has 1 aromatic heterocycles. The molecule has 11 nitrogen and oxygen atoms in total. The van der Waals surface area contributed by atoms with E-state index in [2.05, 4.69) is 15.3 Å². The summed E-state index contributed by atoms with van der Waals surface area (Å²) in [5.74, 6) is 8.79. The number of rotatable bonds is 16. The summed E-state index contributed by atoms with van der Waals surface area (Å²) in [7, 11) is 4.90. The number of nitrogens with two attached hydrogens (primary N) is 2. The Labute approximate surface area is 246 Å². The van der Waals surface area contributed by atoms with Crippen LogP contribution in [-0.4, -0.2) is 69.3 Å². The minimum Gasteiger partial charge on any atom is -0.497 e. The molecule has 0 aliphatic carbocycles. The van der Waals surface area contributed by atoms with Crippen LogP contribution >= 0.6 is 0 Å². The van der Waals surface area contributed by atoms with E-state index in [1.807, 2.05) is 60.7 Å². The second-order valence-electron chi connectivity index (χ2n) is 9.35. The molecule has 1 heterocycles. The largest absolute Gasteiger partial charge is 0.497 e. The Bertz CT molecular complexity index is 1480. The quantitative estimate of drug-likeness (QED) is 0.101. The first-order valence-electron chi connectivity index (χ1n) is 13.5. The Balaban J connectivity index is 1.50. The van der Waals surface area contributed by atoms with Crippen LogP contribution in [0, 0.1) is 0 Å². The Morgan fingerprint density at radius 3 is 2.36 bits per heavy atom. The number of hydrogen-bond donors (Lipinski definition) is 3. The number of benzene rings is 3. The Morgan fingerprint density at radius 1 is 0.881 bits per heavy atom. The highest BCUT2D eigenvalue weighted by Gasteiger charge is 2.13. The van der Waals surface area contributed by atoms with Crippen LogP contribution in [0.4, 0.5) is 11.5 Å². The van der Waals surface area contributed by atoms with Gasteiger partial charge in [0.1, 0.15) is 31.1 Å². The van der Waals surface area contributed by atoms with Crippen molar-refractivity contribution in [2.24, 2.45) is 11.6 Å². The molecule has 3 aromatic carbocycles. The fourth-order valence-corrected chi connectivity index (χ4v) is 4.18.